The molecule has 1 amide bonds. The van der Waals surface area contributed by atoms with Crippen LogP contribution in [0.5, 0.6) is 0 Å². The minimum Gasteiger partial charge on any atom is -0.355 e. The highest BCUT2D eigenvalue weighted by Gasteiger charge is 2.35. The molecule has 4 rings (SSSR count). The zero-order valence-electron chi connectivity index (χ0n) is 18.2. The number of sulfone groups is 1. The van der Waals surface area contributed by atoms with E-state index < -0.39 is 32.3 Å². The van der Waals surface area contributed by atoms with Crippen molar-refractivity contribution in [1.82, 2.24) is 14.9 Å². The second-order valence-corrected chi connectivity index (χ2v) is 11.0. The third-order valence-electron chi connectivity index (χ3n) is 6.39. The SMILES string of the molecule is CS(=O)(=O)c1cc(F)c(C[C@H]2CCCN(C3CCN(c4cnc(Cl)cn4)CC3)C2=O)cc1F. The van der Waals surface area contributed by atoms with Gasteiger partial charge in [0.2, 0.25) is 5.91 Å². The van der Waals surface area contributed by atoms with Gasteiger partial charge in [-0.15, -0.1) is 0 Å². The summed E-state index contributed by atoms with van der Waals surface area (Å²) in [5.41, 5.74) is 0.0243. The number of hydrogen-bond donors (Lipinski definition) is 0. The van der Waals surface area contributed by atoms with Crippen molar-refractivity contribution in [2.75, 3.05) is 30.8 Å². The van der Waals surface area contributed by atoms with Gasteiger partial charge >= 0.3 is 0 Å². The largest absolute Gasteiger partial charge is 0.355 e. The van der Waals surface area contributed by atoms with E-state index >= 15 is 0 Å². The van der Waals surface area contributed by atoms with Crippen molar-refractivity contribution < 1.29 is 22.0 Å². The van der Waals surface area contributed by atoms with Crippen LogP contribution in [-0.4, -0.2) is 61.1 Å². The molecule has 2 aliphatic rings. The summed E-state index contributed by atoms with van der Waals surface area (Å²) in [6.07, 6.45) is 6.93. The topological polar surface area (TPSA) is 83.5 Å². The number of amides is 1. The van der Waals surface area contributed by atoms with Crippen LogP contribution in [0.4, 0.5) is 14.6 Å². The lowest BCUT2D eigenvalue weighted by Gasteiger charge is -2.42. The summed E-state index contributed by atoms with van der Waals surface area (Å²) in [7, 11) is -3.88. The zero-order chi connectivity index (χ0) is 23.8. The second-order valence-electron chi connectivity index (χ2n) is 8.64. The highest BCUT2D eigenvalue weighted by Crippen LogP contribution is 2.30. The fourth-order valence-electron chi connectivity index (χ4n) is 4.68. The fourth-order valence-corrected chi connectivity index (χ4v) is 5.51. The van der Waals surface area contributed by atoms with Crippen molar-refractivity contribution >= 4 is 33.2 Å². The Bertz CT molecular complexity index is 1140. The van der Waals surface area contributed by atoms with Gasteiger partial charge in [0.05, 0.1) is 12.4 Å². The predicted octanol–water partition coefficient (Wildman–Crippen LogP) is 3.26. The first-order chi connectivity index (χ1) is 15.6. The van der Waals surface area contributed by atoms with Gasteiger partial charge in [0.15, 0.2) is 9.84 Å². The molecule has 0 spiro atoms. The quantitative estimate of drug-likeness (QED) is 0.629. The predicted molar refractivity (Wildman–Crippen MR) is 120 cm³/mol. The molecular weight excluding hydrogens is 474 g/mol. The highest BCUT2D eigenvalue weighted by molar-refractivity contribution is 7.90. The average Bonchev–Trinajstić information content (AvgIpc) is 2.77. The van der Waals surface area contributed by atoms with Crippen molar-refractivity contribution in [3.05, 3.63) is 46.9 Å². The minimum absolute atomic E-state index is 0.0243. The first kappa shape index (κ1) is 23.8. The van der Waals surface area contributed by atoms with E-state index in [1.165, 1.54) is 6.20 Å². The molecule has 2 aromatic rings. The van der Waals surface area contributed by atoms with Gasteiger partial charge in [0.1, 0.15) is 27.5 Å². The zero-order valence-corrected chi connectivity index (χ0v) is 19.7. The molecule has 2 saturated heterocycles. The lowest BCUT2D eigenvalue weighted by atomic mass is 9.88. The monoisotopic (exact) mass is 498 g/mol. The maximum Gasteiger partial charge on any atom is 0.226 e. The van der Waals surface area contributed by atoms with E-state index in [1.807, 2.05) is 4.90 Å². The van der Waals surface area contributed by atoms with Crippen LogP contribution in [0.15, 0.2) is 29.4 Å². The van der Waals surface area contributed by atoms with Crippen LogP contribution in [0.2, 0.25) is 5.15 Å². The molecule has 1 atom stereocenters. The molecule has 2 fully saturated rings. The molecule has 1 aromatic carbocycles. The van der Waals surface area contributed by atoms with Gasteiger partial charge in [-0.2, -0.15) is 0 Å². The standard InChI is InChI=1S/C22H25ClF2N4O3S/c1-33(31,32)19-11-17(24)15(10-18(19)25)9-14-3-2-6-29(22(14)30)16-4-7-28(8-5-16)21-13-26-20(23)12-27-21/h10-14,16H,2-9H2,1H3/t14-/m1/s1. The van der Waals surface area contributed by atoms with Crippen LogP contribution < -0.4 is 4.90 Å². The third-order valence-corrected chi connectivity index (χ3v) is 7.69. The van der Waals surface area contributed by atoms with Crippen molar-refractivity contribution in [3.63, 3.8) is 0 Å². The molecule has 1 aromatic heterocycles. The normalized spacial score (nSPS) is 20.4. The lowest BCUT2D eigenvalue weighted by Crippen LogP contribution is -2.52. The number of carbonyl (C=O) groups is 1. The van der Waals surface area contributed by atoms with Gasteiger partial charge in [-0.1, -0.05) is 11.6 Å². The van der Waals surface area contributed by atoms with E-state index in [9.17, 15) is 22.0 Å². The molecule has 0 radical (unpaired) electrons. The van der Waals surface area contributed by atoms with Gasteiger partial charge in [-0.25, -0.2) is 27.2 Å². The van der Waals surface area contributed by atoms with Gasteiger partial charge in [-0.05, 0) is 49.8 Å². The van der Waals surface area contributed by atoms with Crippen molar-refractivity contribution in [1.29, 1.82) is 0 Å². The molecule has 0 saturated carbocycles. The summed E-state index contributed by atoms with van der Waals surface area (Å²) in [4.78, 5) is 24.9. The Labute approximate surface area is 196 Å². The number of anilines is 1. The average molecular weight is 499 g/mol. The van der Waals surface area contributed by atoms with Crippen LogP contribution in [0.25, 0.3) is 0 Å². The Balaban J connectivity index is 1.42. The molecule has 2 aliphatic heterocycles. The van der Waals surface area contributed by atoms with E-state index in [0.717, 1.165) is 50.5 Å². The molecule has 0 bridgehead atoms. The number of piperidine rings is 2. The van der Waals surface area contributed by atoms with Crippen LogP contribution in [0, 0.1) is 17.6 Å². The van der Waals surface area contributed by atoms with E-state index in [2.05, 4.69) is 14.9 Å². The molecule has 178 valence electrons. The molecule has 0 unspecified atom stereocenters. The molecule has 3 heterocycles. The number of halogens is 3. The minimum atomic E-state index is -3.88. The molecular formula is C22H25ClF2N4O3S. The lowest BCUT2D eigenvalue weighted by molar-refractivity contribution is -0.141. The van der Waals surface area contributed by atoms with E-state index in [1.54, 1.807) is 6.20 Å². The van der Waals surface area contributed by atoms with Crippen molar-refractivity contribution in [2.45, 2.75) is 43.0 Å². The molecule has 7 nitrogen and oxygen atoms in total. The van der Waals surface area contributed by atoms with E-state index in [-0.39, 0.29) is 23.9 Å². The number of hydrogen-bond acceptors (Lipinski definition) is 6. The van der Waals surface area contributed by atoms with Gasteiger partial charge in [0, 0.05) is 37.8 Å². The highest BCUT2D eigenvalue weighted by atomic mass is 35.5. The van der Waals surface area contributed by atoms with Crippen LogP contribution in [-0.2, 0) is 21.1 Å². The molecule has 33 heavy (non-hydrogen) atoms. The van der Waals surface area contributed by atoms with Gasteiger partial charge in [-0.3, -0.25) is 4.79 Å². The van der Waals surface area contributed by atoms with Crippen LogP contribution >= 0.6 is 11.6 Å². The summed E-state index contributed by atoms with van der Waals surface area (Å²) in [5.74, 6) is -1.57. The van der Waals surface area contributed by atoms with Gasteiger partial charge < -0.3 is 9.80 Å². The number of rotatable bonds is 5. The first-order valence-corrected chi connectivity index (χ1v) is 13.1. The summed E-state index contributed by atoms with van der Waals surface area (Å²) in [6.45, 7) is 2.09. The van der Waals surface area contributed by atoms with Crippen LogP contribution in [0.3, 0.4) is 0 Å². The Morgan fingerprint density at radius 2 is 1.79 bits per heavy atom. The number of aromatic nitrogens is 2. The van der Waals surface area contributed by atoms with E-state index in [4.69, 9.17) is 11.6 Å². The Morgan fingerprint density at radius 3 is 2.42 bits per heavy atom. The Morgan fingerprint density at radius 1 is 1.06 bits per heavy atom. The van der Waals surface area contributed by atoms with Crippen molar-refractivity contribution in [3.8, 4) is 0 Å². The first-order valence-electron chi connectivity index (χ1n) is 10.8. The number of benzene rings is 1. The molecule has 0 aliphatic carbocycles. The Hall–Kier alpha value is -2.33. The van der Waals surface area contributed by atoms with Crippen LogP contribution in [0.1, 0.15) is 31.2 Å². The molecule has 11 heteroatoms. The third kappa shape index (κ3) is 5.27. The van der Waals surface area contributed by atoms with Crippen molar-refractivity contribution in [2.24, 2.45) is 5.92 Å². The summed E-state index contributed by atoms with van der Waals surface area (Å²) < 4.78 is 52.1. The maximum atomic E-state index is 14.5. The number of carbonyl (C=O) groups excluding carboxylic acids is 1. The maximum absolute atomic E-state index is 14.5. The fraction of sp³-hybridized carbons (Fsp3) is 0.500. The van der Waals surface area contributed by atoms with E-state index in [0.29, 0.717) is 24.2 Å². The summed E-state index contributed by atoms with van der Waals surface area (Å²) >= 11 is 5.80. The number of nitrogens with zero attached hydrogens (tertiary/aromatic N) is 4. The summed E-state index contributed by atoms with van der Waals surface area (Å²) in [5, 5.41) is 0.334. The number of likely N-dealkylation sites (tertiary alicyclic amines) is 1. The summed E-state index contributed by atoms with van der Waals surface area (Å²) in [6, 6.07) is 1.69. The smallest absolute Gasteiger partial charge is 0.226 e. The Kier molecular flexibility index (Phi) is 6.86. The van der Waals surface area contributed by atoms with Gasteiger partial charge in [0.25, 0.3) is 0 Å². The molecule has 0 N–H and O–H groups in total. The second kappa shape index (κ2) is 9.50.